The first-order valence-electron chi connectivity index (χ1n) is 4.79. The van der Waals surface area contributed by atoms with E-state index in [4.69, 9.17) is 0 Å². The van der Waals surface area contributed by atoms with Crippen molar-refractivity contribution in [3.05, 3.63) is 0 Å². The summed E-state index contributed by atoms with van der Waals surface area (Å²) >= 11 is 0. The average Bonchev–Trinajstić information content (AvgIpc) is 2.65. The van der Waals surface area contributed by atoms with Gasteiger partial charge in [0.15, 0.2) is 0 Å². The molecule has 0 aliphatic heterocycles. The molecule has 1 saturated carbocycles. The van der Waals surface area contributed by atoms with Crippen molar-refractivity contribution in [2.75, 3.05) is 13.6 Å². The summed E-state index contributed by atoms with van der Waals surface area (Å²) in [6.07, 6.45) is 5.83. The van der Waals surface area contributed by atoms with Gasteiger partial charge in [-0.2, -0.15) is 0 Å². The third kappa shape index (κ3) is 5.00. The van der Waals surface area contributed by atoms with Gasteiger partial charge in [-0.1, -0.05) is 26.7 Å². The van der Waals surface area contributed by atoms with Gasteiger partial charge >= 0.3 is 0 Å². The molecule has 0 amide bonds. The first kappa shape index (κ1) is 12.2. The van der Waals surface area contributed by atoms with Gasteiger partial charge in [0.25, 0.3) is 0 Å². The van der Waals surface area contributed by atoms with Crippen molar-refractivity contribution in [2.45, 2.75) is 39.5 Å². The molecule has 12 heavy (non-hydrogen) atoms. The van der Waals surface area contributed by atoms with E-state index in [-0.39, 0.29) is 12.4 Å². The Morgan fingerprint density at radius 3 is 2.33 bits per heavy atom. The molecule has 2 heteroatoms. The second kappa shape index (κ2) is 5.08. The number of rotatable bonds is 5. The van der Waals surface area contributed by atoms with Crippen LogP contribution in [0.2, 0.25) is 0 Å². The summed E-state index contributed by atoms with van der Waals surface area (Å²) in [5.41, 5.74) is 0.511. The lowest BCUT2D eigenvalue weighted by atomic mass is 9.87. The largest absolute Gasteiger partial charge is 0.319 e. The quantitative estimate of drug-likeness (QED) is 0.705. The number of hydrogen-bond acceptors (Lipinski definition) is 1. The standard InChI is InChI=1S/C10H21N.ClH/c1-10(2,8-11-3)7-6-9-4-5-9;/h9,11H,4-8H2,1-3H3;1H. The fraction of sp³-hybridized carbons (Fsp3) is 1.00. The van der Waals surface area contributed by atoms with Gasteiger partial charge in [0.2, 0.25) is 0 Å². The van der Waals surface area contributed by atoms with Crippen molar-refractivity contribution in [1.29, 1.82) is 0 Å². The van der Waals surface area contributed by atoms with Crippen LogP contribution in [-0.4, -0.2) is 13.6 Å². The Morgan fingerprint density at radius 1 is 1.33 bits per heavy atom. The van der Waals surface area contributed by atoms with E-state index in [0.29, 0.717) is 5.41 Å². The molecule has 1 fully saturated rings. The SMILES string of the molecule is CNCC(C)(C)CCC1CC1.Cl. The zero-order valence-corrected chi connectivity index (χ0v) is 9.34. The van der Waals surface area contributed by atoms with E-state index in [2.05, 4.69) is 19.2 Å². The van der Waals surface area contributed by atoms with Crippen LogP contribution in [0.15, 0.2) is 0 Å². The Morgan fingerprint density at radius 2 is 1.92 bits per heavy atom. The Labute approximate surface area is 82.7 Å². The molecule has 0 aromatic carbocycles. The van der Waals surface area contributed by atoms with E-state index in [1.807, 2.05) is 7.05 Å². The lowest BCUT2D eigenvalue weighted by Gasteiger charge is -2.23. The summed E-state index contributed by atoms with van der Waals surface area (Å²) in [6, 6.07) is 0. The van der Waals surface area contributed by atoms with Gasteiger partial charge in [-0.15, -0.1) is 12.4 Å². The molecule has 1 rings (SSSR count). The van der Waals surface area contributed by atoms with Crippen LogP contribution in [0.3, 0.4) is 0 Å². The van der Waals surface area contributed by atoms with Crippen LogP contribution in [0.4, 0.5) is 0 Å². The summed E-state index contributed by atoms with van der Waals surface area (Å²) in [7, 11) is 2.04. The predicted octanol–water partition coefficient (Wildman–Crippen LogP) is 2.84. The van der Waals surface area contributed by atoms with Gasteiger partial charge in [-0.05, 0) is 37.8 Å². The van der Waals surface area contributed by atoms with Crippen molar-refractivity contribution in [2.24, 2.45) is 11.3 Å². The molecular weight excluding hydrogens is 170 g/mol. The Bertz CT molecular complexity index is 119. The van der Waals surface area contributed by atoms with Gasteiger partial charge in [0.05, 0.1) is 0 Å². The second-order valence-electron chi connectivity index (χ2n) is 4.68. The van der Waals surface area contributed by atoms with Gasteiger partial charge in [0.1, 0.15) is 0 Å². The Hall–Kier alpha value is 0.250. The molecule has 0 aromatic heterocycles. The maximum atomic E-state index is 3.25. The Kier molecular flexibility index (Phi) is 5.19. The molecule has 0 heterocycles. The van der Waals surface area contributed by atoms with Gasteiger partial charge < -0.3 is 5.32 Å². The maximum absolute atomic E-state index is 3.25. The summed E-state index contributed by atoms with van der Waals surface area (Å²) < 4.78 is 0. The Balaban J connectivity index is 0.00000121. The molecule has 0 saturated heterocycles. The lowest BCUT2D eigenvalue weighted by Crippen LogP contribution is -2.26. The highest BCUT2D eigenvalue weighted by molar-refractivity contribution is 5.85. The van der Waals surface area contributed by atoms with Crippen molar-refractivity contribution in [3.63, 3.8) is 0 Å². The molecule has 1 nitrogen and oxygen atoms in total. The molecular formula is C10H22ClN. The fourth-order valence-electron chi connectivity index (χ4n) is 1.57. The van der Waals surface area contributed by atoms with Crippen LogP contribution in [-0.2, 0) is 0 Å². The van der Waals surface area contributed by atoms with Gasteiger partial charge in [0, 0.05) is 0 Å². The van der Waals surface area contributed by atoms with E-state index >= 15 is 0 Å². The topological polar surface area (TPSA) is 12.0 Å². The van der Waals surface area contributed by atoms with Crippen LogP contribution in [0.25, 0.3) is 0 Å². The fourth-order valence-corrected chi connectivity index (χ4v) is 1.57. The highest BCUT2D eigenvalue weighted by atomic mass is 35.5. The first-order chi connectivity index (χ1) is 5.14. The molecule has 1 aliphatic carbocycles. The van der Waals surface area contributed by atoms with Crippen LogP contribution in [0.1, 0.15) is 39.5 Å². The molecule has 0 spiro atoms. The summed E-state index contributed by atoms with van der Waals surface area (Å²) in [5, 5.41) is 3.25. The third-order valence-electron chi connectivity index (χ3n) is 2.58. The normalized spacial score (nSPS) is 17.2. The minimum Gasteiger partial charge on any atom is -0.319 e. The molecule has 1 aliphatic rings. The van der Waals surface area contributed by atoms with Gasteiger partial charge in [-0.3, -0.25) is 0 Å². The summed E-state index contributed by atoms with van der Waals surface area (Å²) in [5.74, 6) is 1.09. The highest BCUT2D eigenvalue weighted by Crippen LogP contribution is 2.37. The van der Waals surface area contributed by atoms with E-state index in [0.717, 1.165) is 12.5 Å². The molecule has 74 valence electrons. The smallest absolute Gasteiger partial charge is 0.0000486 e. The number of halogens is 1. The van der Waals surface area contributed by atoms with Crippen LogP contribution in [0.5, 0.6) is 0 Å². The van der Waals surface area contributed by atoms with E-state index in [1.165, 1.54) is 25.7 Å². The van der Waals surface area contributed by atoms with Crippen molar-refractivity contribution in [3.8, 4) is 0 Å². The average molecular weight is 192 g/mol. The van der Waals surface area contributed by atoms with Gasteiger partial charge in [-0.25, -0.2) is 0 Å². The second-order valence-corrected chi connectivity index (χ2v) is 4.68. The lowest BCUT2D eigenvalue weighted by molar-refractivity contribution is 0.308. The van der Waals surface area contributed by atoms with E-state index in [1.54, 1.807) is 0 Å². The van der Waals surface area contributed by atoms with Crippen LogP contribution < -0.4 is 5.32 Å². The molecule has 0 radical (unpaired) electrons. The zero-order valence-electron chi connectivity index (χ0n) is 8.52. The summed E-state index contributed by atoms with van der Waals surface area (Å²) in [4.78, 5) is 0. The number of hydrogen-bond donors (Lipinski definition) is 1. The number of nitrogens with one attached hydrogen (secondary N) is 1. The molecule has 0 atom stereocenters. The maximum Gasteiger partial charge on any atom is -0.0000486 e. The summed E-state index contributed by atoms with van der Waals surface area (Å²) in [6.45, 7) is 5.86. The monoisotopic (exact) mass is 191 g/mol. The van der Waals surface area contributed by atoms with E-state index < -0.39 is 0 Å². The van der Waals surface area contributed by atoms with E-state index in [9.17, 15) is 0 Å². The molecule has 0 aromatic rings. The predicted molar refractivity (Wildman–Crippen MR) is 56.9 cm³/mol. The molecule has 1 N–H and O–H groups in total. The third-order valence-corrected chi connectivity index (χ3v) is 2.58. The van der Waals surface area contributed by atoms with Crippen LogP contribution >= 0.6 is 12.4 Å². The van der Waals surface area contributed by atoms with Crippen molar-refractivity contribution >= 4 is 12.4 Å². The first-order valence-corrected chi connectivity index (χ1v) is 4.79. The highest BCUT2D eigenvalue weighted by Gasteiger charge is 2.25. The van der Waals surface area contributed by atoms with Crippen molar-refractivity contribution < 1.29 is 0 Å². The minimum absolute atomic E-state index is 0. The zero-order chi connectivity index (χ0) is 8.32. The van der Waals surface area contributed by atoms with Crippen molar-refractivity contribution in [1.82, 2.24) is 5.32 Å². The van der Waals surface area contributed by atoms with Crippen LogP contribution in [0, 0.1) is 11.3 Å². The minimum atomic E-state index is 0. The molecule has 0 unspecified atom stereocenters. The molecule has 0 bridgehead atoms.